The number of aryl methyl sites for hydroxylation is 3. The van der Waals surface area contributed by atoms with Crippen molar-refractivity contribution in [2.24, 2.45) is 5.73 Å². The van der Waals surface area contributed by atoms with Gasteiger partial charge in [-0.2, -0.15) is 0 Å². The van der Waals surface area contributed by atoms with Gasteiger partial charge in [-0.05, 0) is 38.8 Å². The van der Waals surface area contributed by atoms with Crippen molar-refractivity contribution in [3.05, 3.63) is 52.1 Å². The van der Waals surface area contributed by atoms with E-state index in [0.717, 1.165) is 39.4 Å². The Hall–Kier alpha value is -1.94. The van der Waals surface area contributed by atoms with Gasteiger partial charge in [0.25, 0.3) is 0 Å². The molecule has 2 rings (SSSR count). The van der Waals surface area contributed by atoms with Crippen molar-refractivity contribution in [1.82, 2.24) is 9.97 Å². The van der Waals surface area contributed by atoms with Gasteiger partial charge in [0.2, 0.25) is 0 Å². The van der Waals surface area contributed by atoms with Crippen molar-refractivity contribution in [1.29, 1.82) is 0 Å². The van der Waals surface area contributed by atoms with Crippen LogP contribution >= 0.6 is 0 Å². The second kappa shape index (κ2) is 6.22. The molecular formula is C17H23N3O. The summed E-state index contributed by atoms with van der Waals surface area (Å²) >= 11 is 0. The van der Waals surface area contributed by atoms with Crippen molar-refractivity contribution in [3.63, 3.8) is 0 Å². The molecule has 1 atom stereocenters. The van der Waals surface area contributed by atoms with Crippen LogP contribution in [0.1, 0.15) is 39.7 Å². The van der Waals surface area contributed by atoms with Crippen LogP contribution in [0.2, 0.25) is 0 Å². The van der Waals surface area contributed by atoms with Crippen molar-refractivity contribution in [3.8, 4) is 5.75 Å². The average Bonchev–Trinajstić information content (AvgIpc) is 2.42. The van der Waals surface area contributed by atoms with E-state index in [-0.39, 0.29) is 6.04 Å². The Morgan fingerprint density at radius 1 is 1.10 bits per heavy atom. The zero-order valence-corrected chi connectivity index (χ0v) is 13.4. The number of pyridine rings is 2. The first kappa shape index (κ1) is 15.4. The van der Waals surface area contributed by atoms with Crippen LogP contribution in [0.25, 0.3) is 0 Å². The second-order valence-electron chi connectivity index (χ2n) is 5.57. The third kappa shape index (κ3) is 3.22. The quantitative estimate of drug-likeness (QED) is 0.938. The van der Waals surface area contributed by atoms with Gasteiger partial charge >= 0.3 is 0 Å². The van der Waals surface area contributed by atoms with E-state index in [9.17, 15) is 0 Å². The smallest absolute Gasteiger partial charge is 0.128 e. The van der Waals surface area contributed by atoms with Crippen LogP contribution in [-0.4, -0.2) is 17.1 Å². The minimum atomic E-state index is -0.163. The van der Waals surface area contributed by atoms with Crippen molar-refractivity contribution in [2.75, 3.05) is 7.11 Å². The van der Waals surface area contributed by atoms with E-state index in [2.05, 4.69) is 16.0 Å². The third-order valence-electron chi connectivity index (χ3n) is 3.77. The van der Waals surface area contributed by atoms with Gasteiger partial charge in [-0.25, -0.2) is 0 Å². The molecule has 2 aromatic rings. The van der Waals surface area contributed by atoms with Crippen molar-refractivity contribution in [2.45, 2.75) is 40.2 Å². The Morgan fingerprint density at radius 2 is 1.81 bits per heavy atom. The minimum Gasteiger partial charge on any atom is -0.496 e. The molecular weight excluding hydrogens is 262 g/mol. The Bertz CT molecular complexity index is 653. The first-order valence-electron chi connectivity index (χ1n) is 7.11. The van der Waals surface area contributed by atoms with Crippen LogP contribution in [0.4, 0.5) is 0 Å². The van der Waals surface area contributed by atoms with E-state index in [1.54, 1.807) is 7.11 Å². The molecule has 0 spiro atoms. The average molecular weight is 285 g/mol. The normalized spacial score (nSPS) is 12.3. The largest absolute Gasteiger partial charge is 0.496 e. The fourth-order valence-electron chi connectivity index (χ4n) is 2.70. The Kier molecular flexibility index (Phi) is 4.58. The van der Waals surface area contributed by atoms with Crippen LogP contribution in [0, 0.1) is 27.7 Å². The monoisotopic (exact) mass is 285 g/mol. The summed E-state index contributed by atoms with van der Waals surface area (Å²) in [5.74, 6) is 0.890. The number of nitrogens with two attached hydrogens (primary N) is 1. The number of rotatable bonds is 4. The summed E-state index contributed by atoms with van der Waals surface area (Å²) in [6.45, 7) is 8.10. The molecule has 0 saturated heterocycles. The van der Waals surface area contributed by atoms with E-state index in [1.807, 2.05) is 40.1 Å². The first-order valence-corrected chi connectivity index (χ1v) is 7.11. The van der Waals surface area contributed by atoms with Gasteiger partial charge in [-0.3, -0.25) is 9.97 Å². The Balaban J connectivity index is 2.29. The second-order valence-corrected chi connectivity index (χ2v) is 5.57. The van der Waals surface area contributed by atoms with Crippen molar-refractivity contribution < 1.29 is 4.74 Å². The standard InChI is InChI=1S/C17H23N3O/c1-10-6-11(2)16(20-8-10)14(18)7-15-13(4)17(21-5)12(3)9-19-15/h6,8-9,14H,7,18H2,1-5H3. The van der Waals surface area contributed by atoms with E-state index in [0.29, 0.717) is 6.42 Å². The molecule has 21 heavy (non-hydrogen) atoms. The highest BCUT2D eigenvalue weighted by Crippen LogP contribution is 2.26. The minimum absolute atomic E-state index is 0.163. The third-order valence-corrected chi connectivity index (χ3v) is 3.77. The van der Waals surface area contributed by atoms with Crippen LogP contribution < -0.4 is 10.5 Å². The molecule has 0 amide bonds. The van der Waals surface area contributed by atoms with Crippen LogP contribution in [0.5, 0.6) is 5.75 Å². The lowest BCUT2D eigenvalue weighted by atomic mass is 10.00. The first-order chi connectivity index (χ1) is 9.93. The highest BCUT2D eigenvalue weighted by Gasteiger charge is 2.16. The van der Waals surface area contributed by atoms with Gasteiger partial charge in [0.15, 0.2) is 0 Å². The van der Waals surface area contributed by atoms with Crippen LogP contribution in [-0.2, 0) is 6.42 Å². The molecule has 0 radical (unpaired) electrons. The zero-order chi connectivity index (χ0) is 15.6. The summed E-state index contributed by atoms with van der Waals surface area (Å²) in [6, 6.07) is 1.95. The van der Waals surface area contributed by atoms with Gasteiger partial charge in [0.1, 0.15) is 5.75 Å². The SMILES string of the molecule is COc1c(C)cnc(CC(N)c2ncc(C)cc2C)c1C. The maximum atomic E-state index is 6.33. The molecule has 0 aliphatic carbocycles. The molecule has 0 aliphatic heterocycles. The topological polar surface area (TPSA) is 61.0 Å². The molecule has 0 bridgehead atoms. The number of nitrogens with zero attached hydrogens (tertiary/aromatic N) is 2. The van der Waals surface area contributed by atoms with Gasteiger partial charge in [-0.1, -0.05) is 6.07 Å². The highest BCUT2D eigenvalue weighted by molar-refractivity contribution is 5.41. The summed E-state index contributed by atoms with van der Waals surface area (Å²) in [5, 5.41) is 0. The molecule has 2 heterocycles. The molecule has 0 fully saturated rings. The van der Waals surface area contributed by atoms with Gasteiger partial charge in [0, 0.05) is 35.6 Å². The number of hydrogen-bond acceptors (Lipinski definition) is 4. The van der Waals surface area contributed by atoms with Gasteiger partial charge < -0.3 is 10.5 Å². The summed E-state index contributed by atoms with van der Waals surface area (Å²) in [6.07, 6.45) is 4.35. The molecule has 0 aliphatic rings. The lowest BCUT2D eigenvalue weighted by molar-refractivity contribution is 0.406. The molecule has 1 unspecified atom stereocenters. The molecule has 4 heteroatoms. The van der Waals surface area contributed by atoms with E-state index in [4.69, 9.17) is 10.5 Å². The van der Waals surface area contributed by atoms with Gasteiger partial charge in [-0.15, -0.1) is 0 Å². The Labute approximate surface area is 126 Å². The summed E-state index contributed by atoms with van der Waals surface area (Å²) < 4.78 is 5.45. The predicted octanol–water partition coefficient (Wildman–Crippen LogP) is 2.96. The van der Waals surface area contributed by atoms with E-state index >= 15 is 0 Å². The molecule has 112 valence electrons. The fraction of sp³-hybridized carbons (Fsp3) is 0.412. The summed E-state index contributed by atoms with van der Waals surface area (Å²) in [4.78, 5) is 8.99. The van der Waals surface area contributed by atoms with E-state index < -0.39 is 0 Å². The summed E-state index contributed by atoms with van der Waals surface area (Å²) in [5.41, 5.74) is 12.6. The van der Waals surface area contributed by atoms with E-state index in [1.165, 1.54) is 0 Å². The fourth-order valence-corrected chi connectivity index (χ4v) is 2.70. The highest BCUT2D eigenvalue weighted by atomic mass is 16.5. The lowest BCUT2D eigenvalue weighted by Crippen LogP contribution is -2.18. The predicted molar refractivity (Wildman–Crippen MR) is 84.6 cm³/mol. The molecule has 2 N–H and O–H groups in total. The molecule has 0 saturated carbocycles. The maximum Gasteiger partial charge on any atom is 0.128 e. The maximum absolute atomic E-state index is 6.33. The number of ether oxygens (including phenoxy) is 1. The Morgan fingerprint density at radius 3 is 2.43 bits per heavy atom. The number of methoxy groups -OCH3 is 1. The lowest BCUT2D eigenvalue weighted by Gasteiger charge is -2.17. The van der Waals surface area contributed by atoms with Crippen LogP contribution in [0.15, 0.2) is 18.5 Å². The molecule has 2 aromatic heterocycles. The number of hydrogen-bond donors (Lipinski definition) is 1. The van der Waals surface area contributed by atoms with Crippen molar-refractivity contribution >= 4 is 0 Å². The number of aromatic nitrogens is 2. The molecule has 4 nitrogen and oxygen atoms in total. The molecule has 0 aromatic carbocycles. The van der Waals surface area contributed by atoms with Crippen LogP contribution in [0.3, 0.4) is 0 Å². The zero-order valence-electron chi connectivity index (χ0n) is 13.4. The summed E-state index contributed by atoms with van der Waals surface area (Å²) in [7, 11) is 1.69. The van der Waals surface area contributed by atoms with Gasteiger partial charge in [0.05, 0.1) is 18.8 Å².